The van der Waals surface area contributed by atoms with E-state index in [1.54, 1.807) is 17.3 Å². The molecular weight excluding hydrogens is 486 g/mol. The van der Waals surface area contributed by atoms with E-state index >= 15 is 0 Å². The first-order valence-corrected chi connectivity index (χ1v) is 12.5. The molecular formula is C32H25N5O2. The fourth-order valence-electron chi connectivity index (χ4n) is 4.31. The molecule has 2 heterocycles. The van der Waals surface area contributed by atoms with Gasteiger partial charge in [-0.25, -0.2) is 10.0 Å². The Morgan fingerprint density at radius 3 is 1.38 bits per heavy atom. The number of nitrogens with one attached hydrogen (secondary N) is 1. The van der Waals surface area contributed by atoms with Gasteiger partial charge >= 0.3 is 0 Å². The van der Waals surface area contributed by atoms with Crippen LogP contribution in [-0.2, 0) is 4.74 Å². The summed E-state index contributed by atoms with van der Waals surface area (Å²) in [7, 11) is 0. The minimum atomic E-state index is -0.741. The van der Waals surface area contributed by atoms with Crippen LogP contribution in [0.1, 0.15) is 11.9 Å². The first-order valence-electron chi connectivity index (χ1n) is 12.5. The SMILES string of the molecule is N=C1O[C@H](c2ccco2)C(=N/N(c2ccccc2)c2ccccc2)/C1=N\N(c1ccccc1)c1ccccc1. The second kappa shape index (κ2) is 10.9. The molecule has 0 unspecified atom stereocenters. The van der Waals surface area contributed by atoms with Gasteiger partial charge in [0.05, 0.1) is 29.0 Å². The number of hydrazone groups is 2. The first kappa shape index (κ1) is 23.9. The van der Waals surface area contributed by atoms with Crippen LogP contribution in [-0.4, -0.2) is 17.3 Å². The second-order valence-electron chi connectivity index (χ2n) is 8.74. The molecule has 1 aromatic heterocycles. The Kier molecular flexibility index (Phi) is 6.69. The van der Waals surface area contributed by atoms with E-state index in [1.165, 1.54) is 0 Å². The van der Waals surface area contributed by atoms with Gasteiger partial charge in [-0.2, -0.15) is 10.2 Å². The maximum Gasteiger partial charge on any atom is 0.237 e. The molecule has 0 radical (unpaired) electrons. The topological polar surface area (TPSA) is 77.4 Å². The number of anilines is 4. The number of nitrogens with zero attached hydrogens (tertiary/aromatic N) is 4. The number of hydrogen-bond donors (Lipinski definition) is 1. The zero-order valence-electron chi connectivity index (χ0n) is 21.0. The van der Waals surface area contributed by atoms with E-state index in [9.17, 15) is 0 Å². The highest BCUT2D eigenvalue weighted by Crippen LogP contribution is 2.33. The van der Waals surface area contributed by atoms with Crippen molar-refractivity contribution in [2.75, 3.05) is 10.0 Å². The maximum absolute atomic E-state index is 8.82. The Morgan fingerprint density at radius 1 is 0.538 bits per heavy atom. The van der Waals surface area contributed by atoms with Gasteiger partial charge in [-0.15, -0.1) is 0 Å². The van der Waals surface area contributed by atoms with Gasteiger partial charge < -0.3 is 9.15 Å². The van der Waals surface area contributed by atoms with Crippen LogP contribution in [0, 0.1) is 5.41 Å². The zero-order chi connectivity index (χ0) is 26.4. The Bertz CT molecular complexity index is 1510. The van der Waals surface area contributed by atoms with E-state index < -0.39 is 6.10 Å². The molecule has 190 valence electrons. The number of hydrogen-bond acceptors (Lipinski definition) is 7. The van der Waals surface area contributed by atoms with Crippen molar-refractivity contribution in [3.63, 3.8) is 0 Å². The number of ether oxygens (including phenoxy) is 1. The van der Waals surface area contributed by atoms with E-state index in [0.717, 1.165) is 22.7 Å². The number of benzene rings is 4. The van der Waals surface area contributed by atoms with Crippen molar-refractivity contribution in [3.05, 3.63) is 145 Å². The lowest BCUT2D eigenvalue weighted by Crippen LogP contribution is -2.25. The van der Waals surface area contributed by atoms with Gasteiger partial charge in [0.1, 0.15) is 5.71 Å². The molecule has 7 heteroatoms. The lowest BCUT2D eigenvalue weighted by atomic mass is 10.1. The Balaban J connectivity index is 1.54. The Hall–Kier alpha value is -5.43. The average molecular weight is 512 g/mol. The summed E-state index contributed by atoms with van der Waals surface area (Å²) in [5.74, 6) is 0.448. The standard InChI is InChI=1S/C32H25N5O2/c33-32-30(35-37(26-18-9-3-10-19-26)27-20-11-4-12-21-27)29(31(39-32)28-22-13-23-38-28)34-36(24-14-5-1-6-15-24)25-16-7-2-8-17-25/h1-23,31,33H/b33-32?,34-29+,35-30+/t31-/m1/s1. The normalized spacial score (nSPS) is 16.8. The van der Waals surface area contributed by atoms with E-state index in [1.807, 2.05) is 132 Å². The summed E-state index contributed by atoms with van der Waals surface area (Å²) in [5.41, 5.74) is 4.16. The molecule has 1 aliphatic rings. The molecule has 6 rings (SSSR count). The van der Waals surface area contributed by atoms with Crippen LogP contribution in [0.2, 0.25) is 0 Å². The van der Waals surface area contributed by atoms with Gasteiger partial charge in [-0.05, 0) is 60.7 Å². The lowest BCUT2D eigenvalue weighted by molar-refractivity contribution is 0.240. The largest absolute Gasteiger partial charge is 0.465 e. The van der Waals surface area contributed by atoms with Crippen molar-refractivity contribution < 1.29 is 9.15 Å². The number of furan rings is 1. The summed E-state index contributed by atoms with van der Waals surface area (Å²) >= 11 is 0. The number of para-hydroxylation sites is 4. The predicted octanol–water partition coefficient (Wildman–Crippen LogP) is 7.72. The number of rotatable bonds is 7. The average Bonchev–Trinajstić information content (AvgIpc) is 3.64. The second-order valence-corrected chi connectivity index (χ2v) is 8.74. The van der Waals surface area contributed by atoms with E-state index in [2.05, 4.69) is 0 Å². The fraction of sp³-hybridized carbons (Fsp3) is 0.0312. The van der Waals surface area contributed by atoms with E-state index in [0.29, 0.717) is 17.2 Å². The van der Waals surface area contributed by atoms with Crippen LogP contribution in [0.15, 0.2) is 154 Å². The summed E-state index contributed by atoms with van der Waals surface area (Å²) in [6.45, 7) is 0. The quantitative estimate of drug-likeness (QED) is 0.227. The Morgan fingerprint density at radius 2 is 0.974 bits per heavy atom. The highest BCUT2D eigenvalue weighted by atomic mass is 16.5. The highest BCUT2D eigenvalue weighted by Gasteiger charge is 2.40. The summed E-state index contributed by atoms with van der Waals surface area (Å²) in [4.78, 5) is 0. The molecule has 1 aliphatic heterocycles. The molecule has 0 saturated carbocycles. The molecule has 39 heavy (non-hydrogen) atoms. The van der Waals surface area contributed by atoms with Crippen molar-refractivity contribution in [3.8, 4) is 0 Å². The summed E-state index contributed by atoms with van der Waals surface area (Å²) < 4.78 is 11.8. The molecule has 0 spiro atoms. The van der Waals surface area contributed by atoms with E-state index in [-0.39, 0.29) is 5.90 Å². The molecule has 7 nitrogen and oxygen atoms in total. The fourth-order valence-corrected chi connectivity index (χ4v) is 4.31. The van der Waals surface area contributed by atoms with Gasteiger partial charge in [-0.3, -0.25) is 5.41 Å². The predicted molar refractivity (Wildman–Crippen MR) is 155 cm³/mol. The minimum absolute atomic E-state index is 0.0897. The first-order chi connectivity index (χ1) is 19.3. The molecule has 0 bridgehead atoms. The van der Waals surface area contributed by atoms with Crippen LogP contribution in [0.3, 0.4) is 0 Å². The van der Waals surface area contributed by atoms with Gasteiger partial charge in [0.25, 0.3) is 0 Å². The third kappa shape index (κ3) is 5.06. The van der Waals surface area contributed by atoms with E-state index in [4.69, 9.17) is 24.8 Å². The zero-order valence-corrected chi connectivity index (χ0v) is 21.0. The smallest absolute Gasteiger partial charge is 0.237 e. The van der Waals surface area contributed by atoms with Gasteiger partial charge in [-0.1, -0.05) is 72.8 Å². The minimum Gasteiger partial charge on any atom is -0.465 e. The van der Waals surface area contributed by atoms with Crippen LogP contribution in [0.25, 0.3) is 0 Å². The Labute approximate surface area is 226 Å². The van der Waals surface area contributed by atoms with Crippen molar-refractivity contribution in [2.45, 2.75) is 6.10 Å². The maximum atomic E-state index is 8.82. The summed E-state index contributed by atoms with van der Waals surface area (Å²) in [6.07, 6.45) is 0.844. The van der Waals surface area contributed by atoms with Crippen molar-refractivity contribution in [1.82, 2.24) is 0 Å². The molecule has 1 saturated heterocycles. The monoisotopic (exact) mass is 511 g/mol. The van der Waals surface area contributed by atoms with Crippen molar-refractivity contribution in [2.24, 2.45) is 10.2 Å². The highest BCUT2D eigenvalue weighted by molar-refractivity contribution is 6.69. The summed E-state index contributed by atoms with van der Waals surface area (Å²) in [6, 6.07) is 42.9. The molecule has 1 atom stereocenters. The molecule has 0 amide bonds. The van der Waals surface area contributed by atoms with Gasteiger partial charge in [0, 0.05) is 0 Å². The third-order valence-electron chi connectivity index (χ3n) is 6.15. The van der Waals surface area contributed by atoms with Crippen LogP contribution in [0.4, 0.5) is 22.7 Å². The molecule has 4 aromatic carbocycles. The molecule has 0 aliphatic carbocycles. The van der Waals surface area contributed by atoms with Crippen LogP contribution >= 0.6 is 0 Å². The van der Waals surface area contributed by atoms with Crippen molar-refractivity contribution in [1.29, 1.82) is 5.41 Å². The molecule has 1 fully saturated rings. The lowest BCUT2D eigenvalue weighted by Gasteiger charge is -2.22. The van der Waals surface area contributed by atoms with Crippen LogP contribution < -0.4 is 10.0 Å². The summed E-state index contributed by atoms with van der Waals surface area (Å²) in [5, 5.41) is 22.5. The van der Waals surface area contributed by atoms with Gasteiger partial charge in [0.15, 0.2) is 11.5 Å². The molecule has 1 N–H and O–H groups in total. The third-order valence-corrected chi connectivity index (χ3v) is 6.15. The van der Waals surface area contributed by atoms with Crippen LogP contribution in [0.5, 0.6) is 0 Å². The molecule has 5 aromatic rings. The van der Waals surface area contributed by atoms with Gasteiger partial charge in [0.2, 0.25) is 12.0 Å². The van der Waals surface area contributed by atoms with Crippen molar-refractivity contribution >= 4 is 40.1 Å².